The number of ether oxygens (including phenoxy) is 2. The molecule has 0 amide bonds. The van der Waals surface area contributed by atoms with E-state index in [9.17, 15) is 8.78 Å². The first-order chi connectivity index (χ1) is 9.65. The molecule has 2 atom stereocenters. The highest BCUT2D eigenvalue weighted by atomic mass is 35.5. The van der Waals surface area contributed by atoms with Crippen molar-refractivity contribution in [1.82, 2.24) is 0 Å². The van der Waals surface area contributed by atoms with Crippen molar-refractivity contribution in [1.29, 1.82) is 0 Å². The Labute approximate surface area is 119 Å². The summed E-state index contributed by atoms with van der Waals surface area (Å²) in [6.45, 7) is 0.182. The van der Waals surface area contributed by atoms with Gasteiger partial charge in [0.25, 0.3) is 0 Å². The number of fused-ring (bicyclic) bond motifs is 1. The van der Waals surface area contributed by atoms with Crippen LogP contribution < -0.4 is 9.47 Å². The third-order valence-corrected chi connectivity index (χ3v) is 3.63. The van der Waals surface area contributed by atoms with Crippen LogP contribution in [0, 0.1) is 11.6 Å². The Morgan fingerprint density at radius 1 is 1.10 bits per heavy atom. The van der Waals surface area contributed by atoms with Gasteiger partial charge in [-0.1, -0.05) is 12.1 Å². The van der Waals surface area contributed by atoms with Crippen molar-refractivity contribution in [3.05, 3.63) is 59.7 Å². The number of para-hydroxylation sites is 2. The van der Waals surface area contributed by atoms with E-state index in [1.165, 1.54) is 0 Å². The van der Waals surface area contributed by atoms with Gasteiger partial charge < -0.3 is 9.47 Å². The van der Waals surface area contributed by atoms with Crippen molar-refractivity contribution in [3.8, 4) is 11.5 Å². The minimum absolute atomic E-state index is 0.0691. The van der Waals surface area contributed by atoms with E-state index in [1.807, 2.05) is 6.07 Å². The van der Waals surface area contributed by atoms with Crippen molar-refractivity contribution >= 4 is 11.6 Å². The predicted molar refractivity (Wildman–Crippen MR) is 71.3 cm³/mol. The molecule has 0 aliphatic carbocycles. The molecule has 0 N–H and O–H groups in total. The molecule has 2 aromatic rings. The lowest BCUT2D eigenvalue weighted by Crippen LogP contribution is -2.33. The molecule has 0 saturated carbocycles. The van der Waals surface area contributed by atoms with Gasteiger partial charge in [0, 0.05) is 5.56 Å². The zero-order chi connectivity index (χ0) is 14.1. The topological polar surface area (TPSA) is 18.5 Å². The van der Waals surface area contributed by atoms with Gasteiger partial charge in [0.1, 0.15) is 23.6 Å². The second kappa shape index (κ2) is 5.29. The Morgan fingerprint density at radius 3 is 2.65 bits per heavy atom. The summed E-state index contributed by atoms with van der Waals surface area (Å²) in [5.74, 6) is 0.0663. The number of alkyl halides is 1. The molecule has 0 spiro atoms. The van der Waals surface area contributed by atoms with Crippen LogP contribution in [0.1, 0.15) is 10.9 Å². The molecule has 5 heteroatoms. The van der Waals surface area contributed by atoms with E-state index in [2.05, 4.69) is 0 Å². The smallest absolute Gasteiger partial charge is 0.161 e. The first-order valence-corrected chi connectivity index (χ1v) is 6.56. The molecule has 104 valence electrons. The zero-order valence-corrected chi connectivity index (χ0v) is 11.1. The molecular weight excluding hydrogens is 286 g/mol. The van der Waals surface area contributed by atoms with Gasteiger partial charge in [-0.15, -0.1) is 11.6 Å². The fraction of sp³-hybridized carbons (Fsp3) is 0.200. The Kier molecular flexibility index (Phi) is 3.49. The molecule has 1 heterocycles. The standard InChI is InChI=1S/C15H11ClF2O2/c16-15(10-7-9(17)5-6-11(10)18)14-8-19-12-3-1-2-4-13(12)20-14/h1-7,14-15H,8H2. The lowest BCUT2D eigenvalue weighted by molar-refractivity contribution is 0.0870. The number of rotatable bonds is 2. The minimum Gasteiger partial charge on any atom is -0.486 e. The molecule has 2 aromatic carbocycles. The molecule has 0 bridgehead atoms. The largest absolute Gasteiger partial charge is 0.486 e. The van der Waals surface area contributed by atoms with Crippen LogP contribution in [0.3, 0.4) is 0 Å². The molecule has 3 rings (SSSR count). The SMILES string of the molecule is Fc1ccc(F)c(C(Cl)C2COc3ccccc3O2)c1. The maximum Gasteiger partial charge on any atom is 0.161 e. The van der Waals surface area contributed by atoms with Crippen LogP contribution in [0.2, 0.25) is 0 Å². The Hall–Kier alpha value is -1.81. The highest BCUT2D eigenvalue weighted by Gasteiger charge is 2.30. The van der Waals surface area contributed by atoms with Crippen LogP contribution in [-0.4, -0.2) is 12.7 Å². The van der Waals surface area contributed by atoms with Crippen molar-refractivity contribution in [2.45, 2.75) is 11.5 Å². The fourth-order valence-corrected chi connectivity index (χ4v) is 2.40. The van der Waals surface area contributed by atoms with Crippen LogP contribution in [0.25, 0.3) is 0 Å². The highest BCUT2D eigenvalue weighted by Crippen LogP contribution is 2.37. The van der Waals surface area contributed by atoms with Crippen LogP contribution >= 0.6 is 11.6 Å². The predicted octanol–water partition coefficient (Wildman–Crippen LogP) is 4.08. The van der Waals surface area contributed by atoms with Crippen LogP contribution in [0.4, 0.5) is 8.78 Å². The summed E-state index contributed by atoms with van der Waals surface area (Å²) in [6.07, 6.45) is -0.581. The van der Waals surface area contributed by atoms with Crippen molar-refractivity contribution < 1.29 is 18.3 Å². The second-order valence-electron chi connectivity index (χ2n) is 4.48. The Morgan fingerprint density at radius 2 is 1.85 bits per heavy atom. The van der Waals surface area contributed by atoms with Crippen LogP contribution in [-0.2, 0) is 0 Å². The molecule has 0 radical (unpaired) electrons. The van der Waals surface area contributed by atoms with Crippen molar-refractivity contribution in [2.24, 2.45) is 0 Å². The zero-order valence-electron chi connectivity index (χ0n) is 10.4. The van der Waals surface area contributed by atoms with Crippen LogP contribution in [0.15, 0.2) is 42.5 Å². The van der Waals surface area contributed by atoms with Crippen molar-refractivity contribution in [2.75, 3.05) is 6.61 Å². The molecule has 0 fully saturated rings. The molecule has 0 saturated heterocycles. The molecule has 1 aliphatic heterocycles. The highest BCUT2D eigenvalue weighted by molar-refractivity contribution is 6.21. The summed E-state index contributed by atoms with van der Waals surface area (Å²) in [4.78, 5) is 0. The summed E-state index contributed by atoms with van der Waals surface area (Å²) < 4.78 is 38.2. The third kappa shape index (κ3) is 2.43. The lowest BCUT2D eigenvalue weighted by atomic mass is 10.1. The van der Waals surface area contributed by atoms with E-state index in [1.54, 1.807) is 18.2 Å². The summed E-state index contributed by atoms with van der Waals surface area (Å²) in [7, 11) is 0. The van der Waals surface area contributed by atoms with Crippen LogP contribution in [0.5, 0.6) is 11.5 Å². The Bertz CT molecular complexity index is 633. The van der Waals surface area contributed by atoms with Gasteiger partial charge in [0.15, 0.2) is 17.6 Å². The number of halogens is 3. The van der Waals surface area contributed by atoms with E-state index in [-0.39, 0.29) is 12.2 Å². The van der Waals surface area contributed by atoms with Crippen molar-refractivity contribution in [3.63, 3.8) is 0 Å². The summed E-state index contributed by atoms with van der Waals surface area (Å²) in [6, 6.07) is 10.3. The van der Waals surface area contributed by atoms with E-state index < -0.39 is 23.1 Å². The average molecular weight is 297 g/mol. The number of benzene rings is 2. The quantitative estimate of drug-likeness (QED) is 0.777. The lowest BCUT2D eigenvalue weighted by Gasteiger charge is -2.29. The molecule has 1 aliphatic rings. The van der Waals surface area contributed by atoms with Gasteiger partial charge in [-0.25, -0.2) is 8.78 Å². The maximum absolute atomic E-state index is 13.7. The minimum atomic E-state index is -0.834. The summed E-state index contributed by atoms with van der Waals surface area (Å²) in [5.41, 5.74) is 0.0691. The number of hydrogen-bond acceptors (Lipinski definition) is 2. The molecular formula is C15H11ClF2O2. The van der Waals surface area contributed by atoms with Gasteiger partial charge in [0.2, 0.25) is 0 Å². The monoisotopic (exact) mass is 296 g/mol. The summed E-state index contributed by atoms with van der Waals surface area (Å²) >= 11 is 6.22. The second-order valence-corrected chi connectivity index (χ2v) is 4.95. The first-order valence-electron chi connectivity index (χ1n) is 6.12. The molecule has 0 aromatic heterocycles. The number of hydrogen-bond donors (Lipinski definition) is 0. The third-order valence-electron chi connectivity index (χ3n) is 3.11. The molecule has 2 nitrogen and oxygen atoms in total. The van der Waals surface area contributed by atoms with E-state index in [0.717, 1.165) is 18.2 Å². The average Bonchev–Trinajstić information content (AvgIpc) is 2.48. The molecule has 2 unspecified atom stereocenters. The first kappa shape index (κ1) is 13.2. The maximum atomic E-state index is 13.7. The van der Waals surface area contributed by atoms with E-state index in [4.69, 9.17) is 21.1 Å². The normalized spacial score (nSPS) is 18.6. The van der Waals surface area contributed by atoms with E-state index in [0.29, 0.717) is 11.5 Å². The van der Waals surface area contributed by atoms with Gasteiger partial charge in [0.05, 0.1) is 0 Å². The van der Waals surface area contributed by atoms with Gasteiger partial charge in [-0.2, -0.15) is 0 Å². The Balaban J connectivity index is 1.85. The van der Waals surface area contributed by atoms with Gasteiger partial charge in [-0.3, -0.25) is 0 Å². The van der Waals surface area contributed by atoms with E-state index >= 15 is 0 Å². The van der Waals surface area contributed by atoms with Gasteiger partial charge >= 0.3 is 0 Å². The fourth-order valence-electron chi connectivity index (χ4n) is 2.11. The van der Waals surface area contributed by atoms with Gasteiger partial charge in [-0.05, 0) is 30.3 Å². The summed E-state index contributed by atoms with van der Waals surface area (Å²) in [5, 5.41) is -0.834. The molecule has 20 heavy (non-hydrogen) atoms.